The number of anilines is 1. The molecule has 2 aromatic carbocycles. The number of piperazine rings is 1. The van der Waals surface area contributed by atoms with E-state index in [-0.39, 0.29) is 5.91 Å². The van der Waals surface area contributed by atoms with Gasteiger partial charge in [-0.25, -0.2) is 0 Å². The molecule has 2 N–H and O–H groups in total. The number of carbonyl (C=O) groups is 1. The largest absolute Gasteiger partial charge is 0.368 e. The van der Waals surface area contributed by atoms with Crippen molar-refractivity contribution in [2.45, 2.75) is 6.54 Å². The molecule has 1 heterocycles. The summed E-state index contributed by atoms with van der Waals surface area (Å²) in [7, 11) is 0. The second-order valence-corrected chi connectivity index (χ2v) is 5.42. The first-order valence-corrected chi connectivity index (χ1v) is 7.71. The zero-order chi connectivity index (χ0) is 15.2. The van der Waals surface area contributed by atoms with Gasteiger partial charge in [0.1, 0.15) is 0 Å². The van der Waals surface area contributed by atoms with Crippen LogP contribution in [0.4, 0.5) is 5.69 Å². The van der Waals surface area contributed by atoms with Crippen LogP contribution in [-0.4, -0.2) is 32.1 Å². The van der Waals surface area contributed by atoms with E-state index in [0.717, 1.165) is 43.0 Å². The third-order valence-corrected chi connectivity index (χ3v) is 3.90. The van der Waals surface area contributed by atoms with E-state index in [1.54, 1.807) is 0 Å². The number of benzene rings is 2. The molecule has 114 valence electrons. The van der Waals surface area contributed by atoms with E-state index >= 15 is 0 Å². The molecule has 0 atom stereocenters. The highest BCUT2D eigenvalue weighted by Crippen LogP contribution is 2.20. The van der Waals surface area contributed by atoms with Crippen molar-refractivity contribution < 1.29 is 4.79 Å². The van der Waals surface area contributed by atoms with E-state index in [0.29, 0.717) is 6.54 Å². The zero-order valence-corrected chi connectivity index (χ0v) is 12.6. The van der Waals surface area contributed by atoms with Crippen LogP contribution in [0.3, 0.4) is 0 Å². The molecular formula is C18H21N3O. The Balaban J connectivity index is 1.72. The van der Waals surface area contributed by atoms with Crippen molar-refractivity contribution in [2.24, 2.45) is 0 Å². The number of amides is 1. The Morgan fingerprint density at radius 3 is 2.45 bits per heavy atom. The van der Waals surface area contributed by atoms with Crippen molar-refractivity contribution in [3.8, 4) is 0 Å². The molecule has 1 fully saturated rings. The van der Waals surface area contributed by atoms with Gasteiger partial charge in [-0.2, -0.15) is 0 Å². The van der Waals surface area contributed by atoms with Crippen molar-refractivity contribution >= 4 is 11.6 Å². The summed E-state index contributed by atoms with van der Waals surface area (Å²) in [6, 6.07) is 17.8. The standard InChI is InChI=1S/C18H21N3O/c22-18(20-14-15-6-2-1-3-7-15)16-8-4-5-9-17(16)21-12-10-19-11-13-21/h1-9,19H,10-14H2,(H,20,22). The number of rotatable bonds is 4. The second-order valence-electron chi connectivity index (χ2n) is 5.42. The minimum Gasteiger partial charge on any atom is -0.368 e. The van der Waals surface area contributed by atoms with Crippen molar-refractivity contribution in [3.63, 3.8) is 0 Å². The summed E-state index contributed by atoms with van der Waals surface area (Å²) in [5, 5.41) is 6.35. The lowest BCUT2D eigenvalue weighted by atomic mass is 10.1. The molecule has 0 radical (unpaired) electrons. The number of nitrogens with zero attached hydrogens (tertiary/aromatic N) is 1. The van der Waals surface area contributed by atoms with Crippen LogP contribution in [0.1, 0.15) is 15.9 Å². The van der Waals surface area contributed by atoms with Crippen LogP contribution < -0.4 is 15.5 Å². The third kappa shape index (κ3) is 3.46. The number of nitrogens with one attached hydrogen (secondary N) is 2. The minimum absolute atomic E-state index is 0.0158. The molecule has 1 saturated heterocycles. The number of hydrogen-bond acceptors (Lipinski definition) is 3. The van der Waals surface area contributed by atoms with Crippen LogP contribution in [0.5, 0.6) is 0 Å². The average molecular weight is 295 g/mol. The van der Waals surface area contributed by atoms with Crippen LogP contribution >= 0.6 is 0 Å². The minimum atomic E-state index is -0.0158. The Morgan fingerprint density at radius 1 is 1.00 bits per heavy atom. The summed E-state index contributed by atoms with van der Waals surface area (Å²) in [5.41, 5.74) is 2.88. The van der Waals surface area contributed by atoms with E-state index in [1.807, 2.05) is 54.6 Å². The molecule has 0 aliphatic carbocycles. The Kier molecular flexibility index (Phi) is 4.71. The maximum atomic E-state index is 12.5. The van der Waals surface area contributed by atoms with Gasteiger partial charge in [0, 0.05) is 38.4 Å². The van der Waals surface area contributed by atoms with Gasteiger partial charge in [-0.15, -0.1) is 0 Å². The summed E-state index contributed by atoms with van der Waals surface area (Å²) in [6.07, 6.45) is 0. The molecule has 22 heavy (non-hydrogen) atoms. The van der Waals surface area contributed by atoms with E-state index in [9.17, 15) is 4.79 Å². The SMILES string of the molecule is O=C(NCc1ccccc1)c1ccccc1N1CCNCC1. The maximum absolute atomic E-state index is 12.5. The van der Waals surface area contributed by atoms with Gasteiger partial charge in [0.15, 0.2) is 0 Å². The van der Waals surface area contributed by atoms with E-state index in [1.165, 1.54) is 0 Å². The molecule has 0 spiro atoms. The Morgan fingerprint density at radius 2 is 1.68 bits per heavy atom. The summed E-state index contributed by atoms with van der Waals surface area (Å²) in [5.74, 6) is -0.0158. The van der Waals surface area contributed by atoms with Crippen LogP contribution in [0.2, 0.25) is 0 Å². The fourth-order valence-electron chi connectivity index (χ4n) is 2.72. The van der Waals surface area contributed by atoms with Gasteiger partial charge in [0.25, 0.3) is 5.91 Å². The Labute approximate surface area is 131 Å². The number of hydrogen-bond donors (Lipinski definition) is 2. The van der Waals surface area contributed by atoms with Gasteiger partial charge >= 0.3 is 0 Å². The van der Waals surface area contributed by atoms with Gasteiger partial charge in [0.2, 0.25) is 0 Å². The topological polar surface area (TPSA) is 44.4 Å². The molecule has 0 saturated carbocycles. The fourth-order valence-corrected chi connectivity index (χ4v) is 2.72. The molecule has 1 aliphatic heterocycles. The monoisotopic (exact) mass is 295 g/mol. The predicted molar refractivity (Wildman–Crippen MR) is 89.1 cm³/mol. The first-order valence-electron chi connectivity index (χ1n) is 7.71. The van der Waals surface area contributed by atoms with Crippen molar-refractivity contribution in [3.05, 3.63) is 65.7 Å². The summed E-state index contributed by atoms with van der Waals surface area (Å²) < 4.78 is 0. The molecule has 4 nitrogen and oxygen atoms in total. The highest BCUT2D eigenvalue weighted by molar-refractivity contribution is 5.99. The molecule has 1 aliphatic rings. The van der Waals surface area contributed by atoms with E-state index in [4.69, 9.17) is 0 Å². The van der Waals surface area contributed by atoms with Gasteiger partial charge in [0.05, 0.1) is 5.56 Å². The van der Waals surface area contributed by atoms with Gasteiger partial charge in [-0.1, -0.05) is 42.5 Å². The zero-order valence-electron chi connectivity index (χ0n) is 12.6. The molecule has 2 aromatic rings. The van der Waals surface area contributed by atoms with Crippen molar-refractivity contribution in [1.82, 2.24) is 10.6 Å². The van der Waals surface area contributed by atoms with E-state index in [2.05, 4.69) is 15.5 Å². The highest BCUT2D eigenvalue weighted by atomic mass is 16.1. The average Bonchev–Trinajstić information content (AvgIpc) is 2.61. The first-order chi connectivity index (χ1) is 10.8. The number of para-hydroxylation sites is 1. The molecule has 4 heteroatoms. The third-order valence-electron chi connectivity index (χ3n) is 3.90. The van der Waals surface area contributed by atoms with Crippen LogP contribution in [0.15, 0.2) is 54.6 Å². The Hall–Kier alpha value is -2.33. The second kappa shape index (κ2) is 7.09. The molecule has 1 amide bonds. The van der Waals surface area contributed by atoms with E-state index < -0.39 is 0 Å². The van der Waals surface area contributed by atoms with Gasteiger partial charge in [-0.05, 0) is 17.7 Å². The summed E-state index contributed by atoms with van der Waals surface area (Å²) in [6.45, 7) is 4.33. The molecular weight excluding hydrogens is 274 g/mol. The summed E-state index contributed by atoms with van der Waals surface area (Å²) in [4.78, 5) is 14.8. The van der Waals surface area contributed by atoms with Crippen molar-refractivity contribution in [2.75, 3.05) is 31.1 Å². The van der Waals surface area contributed by atoms with Crippen LogP contribution in [0.25, 0.3) is 0 Å². The van der Waals surface area contributed by atoms with Crippen molar-refractivity contribution in [1.29, 1.82) is 0 Å². The first kappa shape index (κ1) is 14.6. The normalized spacial score (nSPS) is 14.6. The predicted octanol–water partition coefficient (Wildman–Crippen LogP) is 2.03. The van der Waals surface area contributed by atoms with Crippen LogP contribution in [0, 0.1) is 0 Å². The smallest absolute Gasteiger partial charge is 0.253 e. The maximum Gasteiger partial charge on any atom is 0.253 e. The molecule has 0 unspecified atom stereocenters. The number of carbonyl (C=O) groups excluding carboxylic acids is 1. The lowest BCUT2D eigenvalue weighted by Crippen LogP contribution is -2.44. The fraction of sp³-hybridized carbons (Fsp3) is 0.278. The van der Waals surface area contributed by atoms with Gasteiger partial charge in [-0.3, -0.25) is 4.79 Å². The van der Waals surface area contributed by atoms with Crippen LogP contribution in [-0.2, 0) is 6.54 Å². The highest BCUT2D eigenvalue weighted by Gasteiger charge is 2.17. The lowest BCUT2D eigenvalue weighted by Gasteiger charge is -2.30. The Bertz CT molecular complexity index is 621. The van der Waals surface area contributed by atoms with Gasteiger partial charge < -0.3 is 15.5 Å². The lowest BCUT2D eigenvalue weighted by molar-refractivity contribution is 0.0951. The molecule has 0 aromatic heterocycles. The molecule has 3 rings (SSSR count). The molecule has 0 bridgehead atoms. The quantitative estimate of drug-likeness (QED) is 0.907. The summed E-state index contributed by atoms with van der Waals surface area (Å²) >= 11 is 0.